The van der Waals surface area contributed by atoms with Gasteiger partial charge in [0.2, 0.25) is 5.91 Å². The van der Waals surface area contributed by atoms with Crippen molar-refractivity contribution < 1.29 is 19.4 Å². The number of carbonyl (C=O) groups excluding carboxylic acids is 1. The molecule has 0 aliphatic carbocycles. The maximum absolute atomic E-state index is 12.0. The van der Waals surface area contributed by atoms with Crippen molar-refractivity contribution in [2.24, 2.45) is 0 Å². The Morgan fingerprint density at radius 3 is 2.65 bits per heavy atom. The van der Waals surface area contributed by atoms with Crippen LogP contribution in [0, 0.1) is 0 Å². The van der Waals surface area contributed by atoms with Gasteiger partial charge in [-0.15, -0.1) is 0 Å². The highest BCUT2D eigenvalue weighted by Crippen LogP contribution is 2.22. The summed E-state index contributed by atoms with van der Waals surface area (Å²) in [5.74, 6) is -0.901. The van der Waals surface area contributed by atoms with E-state index in [4.69, 9.17) is 4.74 Å². The lowest BCUT2D eigenvalue weighted by Gasteiger charge is -2.07. The first kappa shape index (κ1) is 16.8. The highest BCUT2D eigenvalue weighted by Gasteiger charge is 2.12. The molecule has 0 unspecified atom stereocenters. The van der Waals surface area contributed by atoms with Crippen LogP contribution in [0.3, 0.4) is 0 Å². The molecule has 0 saturated carbocycles. The summed E-state index contributed by atoms with van der Waals surface area (Å²) in [7, 11) is 1.55. The summed E-state index contributed by atoms with van der Waals surface area (Å²) in [5, 5.41) is 11.7. The number of hydrogen-bond acceptors (Lipinski definition) is 3. The number of aromatic carboxylic acids is 1. The second-order valence-corrected chi connectivity index (χ2v) is 5.48. The van der Waals surface area contributed by atoms with E-state index in [0.717, 1.165) is 5.56 Å². The third-order valence-corrected chi connectivity index (χ3v) is 3.52. The summed E-state index contributed by atoms with van der Waals surface area (Å²) < 4.78 is 5.82. The predicted octanol–water partition coefficient (Wildman–Crippen LogP) is 3.81. The molecule has 0 aromatic heterocycles. The van der Waals surface area contributed by atoms with Crippen LogP contribution in [0.25, 0.3) is 6.08 Å². The van der Waals surface area contributed by atoms with E-state index in [9.17, 15) is 14.7 Å². The van der Waals surface area contributed by atoms with Crippen LogP contribution < -0.4 is 10.1 Å². The smallest absolute Gasteiger partial charge is 0.337 e. The van der Waals surface area contributed by atoms with Crippen molar-refractivity contribution in [1.82, 2.24) is 0 Å². The Labute approximate surface area is 141 Å². The lowest BCUT2D eigenvalue weighted by molar-refractivity contribution is -0.111. The number of hydrogen-bond donors (Lipinski definition) is 2. The standard InChI is InChI=1S/C17H14BrNO4/c1-23-15-5-3-2-4-11(15)6-9-16(20)19-14-8-7-12(18)10-13(14)17(21)22/h2-10H,1H3,(H,19,20)(H,21,22). The molecule has 0 spiro atoms. The molecule has 2 aromatic rings. The fourth-order valence-electron chi connectivity index (χ4n) is 1.95. The van der Waals surface area contributed by atoms with E-state index in [1.807, 2.05) is 18.2 Å². The van der Waals surface area contributed by atoms with Crippen LogP contribution in [0.1, 0.15) is 15.9 Å². The van der Waals surface area contributed by atoms with E-state index in [-0.39, 0.29) is 11.3 Å². The second-order valence-electron chi connectivity index (χ2n) is 4.56. The van der Waals surface area contributed by atoms with E-state index < -0.39 is 11.9 Å². The molecule has 0 aliphatic heterocycles. The van der Waals surface area contributed by atoms with Crippen molar-refractivity contribution in [3.63, 3.8) is 0 Å². The van der Waals surface area contributed by atoms with Crippen molar-refractivity contribution >= 4 is 39.6 Å². The Hall–Kier alpha value is -2.60. The fraction of sp³-hybridized carbons (Fsp3) is 0.0588. The Kier molecular flexibility index (Phi) is 5.54. The summed E-state index contributed by atoms with van der Waals surface area (Å²) in [6.45, 7) is 0. The van der Waals surface area contributed by atoms with Crippen LogP contribution in [0.2, 0.25) is 0 Å². The van der Waals surface area contributed by atoms with Crippen LogP contribution in [0.4, 0.5) is 5.69 Å². The Morgan fingerprint density at radius 2 is 1.96 bits per heavy atom. The summed E-state index contributed by atoms with van der Waals surface area (Å²) >= 11 is 3.20. The molecule has 0 bridgehead atoms. The maximum Gasteiger partial charge on any atom is 0.337 e. The Balaban J connectivity index is 2.17. The predicted molar refractivity (Wildman–Crippen MR) is 91.8 cm³/mol. The average molecular weight is 376 g/mol. The van der Waals surface area contributed by atoms with Crippen LogP contribution in [-0.2, 0) is 4.79 Å². The lowest BCUT2D eigenvalue weighted by atomic mass is 10.1. The van der Waals surface area contributed by atoms with Gasteiger partial charge >= 0.3 is 5.97 Å². The Bertz CT molecular complexity index is 771. The largest absolute Gasteiger partial charge is 0.496 e. The molecule has 2 rings (SSSR count). The zero-order valence-electron chi connectivity index (χ0n) is 12.2. The third-order valence-electron chi connectivity index (χ3n) is 3.02. The van der Waals surface area contributed by atoms with E-state index in [1.54, 1.807) is 25.3 Å². The van der Waals surface area contributed by atoms with Crippen LogP contribution in [-0.4, -0.2) is 24.1 Å². The number of carboxylic acids is 1. The molecule has 1 amide bonds. The molecular weight excluding hydrogens is 362 g/mol. The fourth-order valence-corrected chi connectivity index (χ4v) is 2.31. The SMILES string of the molecule is COc1ccccc1C=CC(=O)Nc1ccc(Br)cc1C(=O)O. The first-order chi connectivity index (χ1) is 11.0. The molecule has 0 aliphatic rings. The number of anilines is 1. The van der Waals surface area contributed by atoms with Gasteiger partial charge in [0.25, 0.3) is 0 Å². The minimum atomic E-state index is -1.12. The molecule has 0 fully saturated rings. The summed E-state index contributed by atoms with van der Waals surface area (Å²) in [5.41, 5.74) is 0.994. The van der Waals surface area contributed by atoms with Gasteiger partial charge < -0.3 is 15.2 Å². The van der Waals surface area contributed by atoms with E-state index >= 15 is 0 Å². The average Bonchev–Trinajstić information content (AvgIpc) is 2.54. The number of benzene rings is 2. The van der Waals surface area contributed by atoms with Gasteiger partial charge in [0.05, 0.1) is 18.4 Å². The minimum Gasteiger partial charge on any atom is -0.496 e. The molecule has 0 heterocycles. The Morgan fingerprint density at radius 1 is 1.22 bits per heavy atom. The highest BCUT2D eigenvalue weighted by molar-refractivity contribution is 9.10. The molecule has 5 nitrogen and oxygen atoms in total. The number of methoxy groups -OCH3 is 1. The van der Waals surface area contributed by atoms with Crippen LogP contribution in [0.5, 0.6) is 5.75 Å². The quantitative estimate of drug-likeness (QED) is 0.779. The molecule has 0 saturated heterocycles. The van der Waals surface area contributed by atoms with E-state index in [0.29, 0.717) is 10.2 Å². The monoisotopic (exact) mass is 375 g/mol. The number of carbonyl (C=O) groups is 2. The van der Waals surface area contributed by atoms with Gasteiger partial charge in [-0.3, -0.25) is 4.79 Å². The first-order valence-electron chi connectivity index (χ1n) is 6.66. The number of amides is 1. The van der Waals surface area contributed by atoms with Gasteiger partial charge in [0, 0.05) is 16.1 Å². The summed E-state index contributed by atoms with van der Waals surface area (Å²) in [4.78, 5) is 23.2. The molecule has 6 heteroatoms. The molecule has 0 atom stereocenters. The normalized spacial score (nSPS) is 10.5. The van der Waals surface area contributed by atoms with Gasteiger partial charge in [0.15, 0.2) is 0 Å². The van der Waals surface area contributed by atoms with Gasteiger partial charge in [-0.1, -0.05) is 34.1 Å². The van der Waals surface area contributed by atoms with Gasteiger partial charge in [0.1, 0.15) is 5.75 Å². The number of halogens is 1. The molecular formula is C17H14BrNO4. The number of para-hydroxylation sites is 1. The van der Waals surface area contributed by atoms with Crippen LogP contribution >= 0.6 is 15.9 Å². The topological polar surface area (TPSA) is 75.6 Å². The minimum absolute atomic E-state index is 0.0124. The first-order valence-corrected chi connectivity index (χ1v) is 7.45. The number of nitrogens with one attached hydrogen (secondary N) is 1. The zero-order chi connectivity index (χ0) is 16.8. The summed E-state index contributed by atoms with van der Waals surface area (Å²) in [6.07, 6.45) is 2.93. The van der Waals surface area contributed by atoms with Gasteiger partial charge in [-0.05, 0) is 30.3 Å². The third kappa shape index (κ3) is 4.43. The van der Waals surface area contributed by atoms with E-state index in [1.165, 1.54) is 18.2 Å². The molecule has 23 heavy (non-hydrogen) atoms. The zero-order valence-corrected chi connectivity index (χ0v) is 13.8. The van der Waals surface area contributed by atoms with Gasteiger partial charge in [-0.25, -0.2) is 4.79 Å². The number of rotatable bonds is 5. The summed E-state index contributed by atoms with van der Waals surface area (Å²) in [6, 6.07) is 11.9. The van der Waals surface area contributed by atoms with Crippen molar-refractivity contribution in [3.8, 4) is 5.75 Å². The van der Waals surface area contributed by atoms with Crippen molar-refractivity contribution in [1.29, 1.82) is 0 Å². The molecule has 118 valence electrons. The molecule has 2 aromatic carbocycles. The van der Waals surface area contributed by atoms with Gasteiger partial charge in [-0.2, -0.15) is 0 Å². The van der Waals surface area contributed by atoms with Crippen LogP contribution in [0.15, 0.2) is 53.0 Å². The second kappa shape index (κ2) is 7.60. The van der Waals surface area contributed by atoms with Crippen molar-refractivity contribution in [2.45, 2.75) is 0 Å². The van der Waals surface area contributed by atoms with E-state index in [2.05, 4.69) is 21.2 Å². The number of ether oxygens (including phenoxy) is 1. The number of carboxylic acid groups (broad SMARTS) is 1. The van der Waals surface area contributed by atoms with Crippen molar-refractivity contribution in [2.75, 3.05) is 12.4 Å². The van der Waals surface area contributed by atoms with Crippen molar-refractivity contribution in [3.05, 3.63) is 64.1 Å². The maximum atomic E-state index is 12.0. The molecule has 0 radical (unpaired) electrons. The highest BCUT2D eigenvalue weighted by atomic mass is 79.9. The molecule has 2 N–H and O–H groups in total. The lowest BCUT2D eigenvalue weighted by Crippen LogP contribution is -2.12.